The van der Waals surface area contributed by atoms with E-state index in [-0.39, 0.29) is 5.60 Å². The molecule has 2 fully saturated rings. The summed E-state index contributed by atoms with van der Waals surface area (Å²) in [5.41, 5.74) is 0.270. The average Bonchev–Trinajstić information content (AvgIpc) is 2.29. The van der Waals surface area contributed by atoms with Crippen LogP contribution in [0.15, 0.2) is 0 Å². The number of hydrogen-bond donors (Lipinski definition) is 1. The van der Waals surface area contributed by atoms with Crippen LogP contribution >= 0.6 is 0 Å². The minimum absolute atomic E-state index is 0.270. The lowest BCUT2D eigenvalue weighted by Gasteiger charge is -2.45. The molecule has 1 N–H and O–H groups in total. The van der Waals surface area contributed by atoms with E-state index < -0.39 is 0 Å². The molecule has 2 aliphatic rings. The van der Waals surface area contributed by atoms with Crippen molar-refractivity contribution in [3.63, 3.8) is 0 Å². The Bertz CT molecular complexity index is 193. The fourth-order valence-corrected chi connectivity index (χ4v) is 3.27. The van der Waals surface area contributed by atoms with Crippen LogP contribution in [0.3, 0.4) is 0 Å². The third-order valence-electron chi connectivity index (χ3n) is 4.46. The van der Waals surface area contributed by atoms with Crippen molar-refractivity contribution in [3.8, 4) is 0 Å². The van der Waals surface area contributed by atoms with Crippen LogP contribution in [0.25, 0.3) is 0 Å². The summed E-state index contributed by atoms with van der Waals surface area (Å²) in [5.74, 6) is 0.821. The second kappa shape index (κ2) is 4.84. The van der Waals surface area contributed by atoms with E-state index in [1.165, 1.54) is 44.9 Å². The van der Waals surface area contributed by atoms with Gasteiger partial charge in [0.15, 0.2) is 0 Å². The Kier molecular flexibility index (Phi) is 3.68. The van der Waals surface area contributed by atoms with Crippen molar-refractivity contribution in [1.29, 1.82) is 0 Å². The van der Waals surface area contributed by atoms with Crippen molar-refractivity contribution in [2.45, 2.75) is 63.5 Å². The fourth-order valence-electron chi connectivity index (χ4n) is 3.27. The van der Waals surface area contributed by atoms with E-state index in [0.717, 1.165) is 12.5 Å². The highest BCUT2D eigenvalue weighted by molar-refractivity contribution is 4.91. The third kappa shape index (κ3) is 2.54. The van der Waals surface area contributed by atoms with Crippen LogP contribution in [0, 0.1) is 5.92 Å². The normalized spacial score (nSPS) is 32.8. The van der Waals surface area contributed by atoms with Gasteiger partial charge in [-0.1, -0.05) is 19.3 Å². The predicted octanol–water partition coefficient (Wildman–Crippen LogP) is 2.72. The molecule has 1 saturated heterocycles. The van der Waals surface area contributed by atoms with Gasteiger partial charge in [0.2, 0.25) is 0 Å². The van der Waals surface area contributed by atoms with Gasteiger partial charge in [-0.25, -0.2) is 0 Å². The van der Waals surface area contributed by atoms with Crippen LogP contribution in [0.2, 0.25) is 0 Å². The van der Waals surface area contributed by atoms with Crippen LogP contribution < -0.4 is 5.32 Å². The lowest BCUT2D eigenvalue weighted by molar-refractivity contribution is -0.120. The Balaban J connectivity index is 1.96. The molecule has 1 aliphatic heterocycles. The van der Waals surface area contributed by atoms with Crippen LogP contribution in [-0.2, 0) is 4.74 Å². The zero-order valence-electron chi connectivity index (χ0n) is 10.2. The van der Waals surface area contributed by atoms with Gasteiger partial charge in [0.25, 0.3) is 0 Å². The molecule has 0 aromatic heterocycles. The van der Waals surface area contributed by atoms with Crippen LogP contribution in [0.5, 0.6) is 0 Å². The first-order chi connectivity index (χ1) is 7.26. The van der Waals surface area contributed by atoms with Gasteiger partial charge < -0.3 is 10.1 Å². The minimum Gasteiger partial charge on any atom is -0.375 e. The Labute approximate surface area is 93.8 Å². The highest BCUT2D eigenvalue weighted by Gasteiger charge is 2.39. The Morgan fingerprint density at radius 2 is 2.00 bits per heavy atom. The van der Waals surface area contributed by atoms with Gasteiger partial charge in [-0.2, -0.15) is 0 Å². The molecule has 0 aromatic rings. The molecule has 1 saturated carbocycles. The van der Waals surface area contributed by atoms with Gasteiger partial charge >= 0.3 is 0 Å². The summed E-state index contributed by atoms with van der Waals surface area (Å²) in [7, 11) is 2.08. The quantitative estimate of drug-likeness (QED) is 0.758. The molecule has 2 unspecified atom stereocenters. The molecule has 2 nitrogen and oxygen atoms in total. The second-order valence-electron chi connectivity index (χ2n) is 5.42. The summed E-state index contributed by atoms with van der Waals surface area (Å²) in [5, 5.41) is 3.40. The summed E-state index contributed by atoms with van der Waals surface area (Å²) >= 11 is 0. The summed E-state index contributed by atoms with van der Waals surface area (Å²) < 4.78 is 6.10. The number of ether oxygens (including phenoxy) is 1. The molecule has 1 heterocycles. The van der Waals surface area contributed by atoms with Crippen molar-refractivity contribution in [3.05, 3.63) is 0 Å². The highest BCUT2D eigenvalue weighted by atomic mass is 16.5. The Morgan fingerprint density at radius 3 is 2.67 bits per heavy atom. The second-order valence-corrected chi connectivity index (χ2v) is 5.42. The largest absolute Gasteiger partial charge is 0.375 e. The first-order valence-electron chi connectivity index (χ1n) is 6.57. The molecule has 2 rings (SSSR count). The lowest BCUT2D eigenvalue weighted by Crippen LogP contribution is -2.46. The molecule has 1 spiro atoms. The topological polar surface area (TPSA) is 21.3 Å². The zero-order chi connectivity index (χ0) is 10.7. The molecule has 2 heteroatoms. The van der Waals surface area contributed by atoms with E-state index in [4.69, 9.17) is 4.74 Å². The summed E-state index contributed by atoms with van der Waals surface area (Å²) in [6, 6.07) is 0.646. The van der Waals surface area contributed by atoms with Gasteiger partial charge in [-0.05, 0) is 45.6 Å². The molecular weight excluding hydrogens is 186 g/mol. The standard InChI is InChI=1S/C13H25NO/c1-11(14-2)12-6-9-15-13(10-12)7-4-3-5-8-13/h11-12,14H,3-10H2,1-2H3. The number of nitrogens with one attached hydrogen (secondary N) is 1. The van der Waals surface area contributed by atoms with Crippen molar-refractivity contribution in [1.82, 2.24) is 5.32 Å². The summed E-state index contributed by atoms with van der Waals surface area (Å²) in [4.78, 5) is 0. The van der Waals surface area contributed by atoms with Crippen LogP contribution in [-0.4, -0.2) is 25.3 Å². The molecule has 15 heavy (non-hydrogen) atoms. The molecule has 2 atom stereocenters. The van der Waals surface area contributed by atoms with E-state index in [0.29, 0.717) is 6.04 Å². The lowest BCUT2D eigenvalue weighted by atomic mass is 9.74. The number of rotatable bonds is 2. The maximum atomic E-state index is 6.10. The zero-order valence-corrected chi connectivity index (χ0v) is 10.2. The van der Waals surface area contributed by atoms with E-state index in [1.807, 2.05) is 0 Å². The van der Waals surface area contributed by atoms with E-state index in [2.05, 4.69) is 19.3 Å². The fraction of sp³-hybridized carbons (Fsp3) is 1.00. The summed E-state index contributed by atoms with van der Waals surface area (Å²) in [6.45, 7) is 3.29. The monoisotopic (exact) mass is 211 g/mol. The van der Waals surface area contributed by atoms with Gasteiger partial charge in [0.05, 0.1) is 5.60 Å². The van der Waals surface area contributed by atoms with Crippen LogP contribution in [0.1, 0.15) is 51.9 Å². The molecule has 0 bridgehead atoms. The smallest absolute Gasteiger partial charge is 0.0685 e. The number of hydrogen-bond acceptors (Lipinski definition) is 2. The summed E-state index contributed by atoms with van der Waals surface area (Å²) in [6.07, 6.45) is 9.30. The van der Waals surface area contributed by atoms with Crippen molar-refractivity contribution in [2.24, 2.45) is 5.92 Å². The van der Waals surface area contributed by atoms with Crippen molar-refractivity contribution >= 4 is 0 Å². The third-order valence-corrected chi connectivity index (χ3v) is 4.46. The molecule has 0 aromatic carbocycles. The first-order valence-corrected chi connectivity index (χ1v) is 6.57. The average molecular weight is 211 g/mol. The van der Waals surface area contributed by atoms with Gasteiger partial charge in [0.1, 0.15) is 0 Å². The van der Waals surface area contributed by atoms with Gasteiger partial charge in [-0.3, -0.25) is 0 Å². The SMILES string of the molecule is CNC(C)C1CCOC2(CCCCC2)C1. The maximum Gasteiger partial charge on any atom is 0.0685 e. The Hall–Kier alpha value is -0.0800. The van der Waals surface area contributed by atoms with Gasteiger partial charge in [0, 0.05) is 12.6 Å². The molecular formula is C13H25NO. The molecule has 0 radical (unpaired) electrons. The van der Waals surface area contributed by atoms with Gasteiger partial charge in [-0.15, -0.1) is 0 Å². The Morgan fingerprint density at radius 1 is 1.27 bits per heavy atom. The highest BCUT2D eigenvalue weighted by Crippen LogP contribution is 2.41. The van der Waals surface area contributed by atoms with Crippen LogP contribution in [0.4, 0.5) is 0 Å². The van der Waals surface area contributed by atoms with Crippen molar-refractivity contribution < 1.29 is 4.74 Å². The van der Waals surface area contributed by atoms with E-state index in [9.17, 15) is 0 Å². The molecule has 1 aliphatic carbocycles. The molecule has 88 valence electrons. The van der Waals surface area contributed by atoms with Crippen molar-refractivity contribution in [2.75, 3.05) is 13.7 Å². The molecule has 0 amide bonds. The minimum atomic E-state index is 0.270. The maximum absolute atomic E-state index is 6.10. The van der Waals surface area contributed by atoms with E-state index in [1.54, 1.807) is 0 Å². The predicted molar refractivity (Wildman–Crippen MR) is 63.0 cm³/mol. The first kappa shape index (κ1) is 11.4. The van der Waals surface area contributed by atoms with E-state index >= 15 is 0 Å².